The molecule has 1 rings (SSSR count). The van der Waals surface area contributed by atoms with Crippen molar-refractivity contribution in [2.45, 2.75) is 6.92 Å². The van der Waals surface area contributed by atoms with E-state index in [9.17, 15) is 5.11 Å². The van der Waals surface area contributed by atoms with E-state index in [1.807, 2.05) is 6.92 Å². The van der Waals surface area contributed by atoms with Gasteiger partial charge in [-0.25, -0.2) is 0 Å². The molecule has 0 amide bonds. The zero-order valence-corrected chi connectivity index (χ0v) is 9.58. The second kappa shape index (κ2) is 5.92. The van der Waals surface area contributed by atoms with E-state index < -0.39 is 0 Å². The molecule has 4 N–H and O–H groups in total. The van der Waals surface area contributed by atoms with Gasteiger partial charge in [0.2, 0.25) is 0 Å². The fourth-order valence-corrected chi connectivity index (χ4v) is 1.20. The fourth-order valence-electron chi connectivity index (χ4n) is 1.00. The molecule has 86 valence electrons. The second-order valence-corrected chi connectivity index (χ2v) is 3.38. The predicted octanol–water partition coefficient (Wildman–Crippen LogP) is 0.916. The van der Waals surface area contributed by atoms with E-state index in [-0.39, 0.29) is 11.5 Å². The van der Waals surface area contributed by atoms with Crippen molar-refractivity contribution in [2.75, 3.05) is 6.54 Å². The molecular formula is C10H13N3O2S. The number of aromatic hydroxyl groups is 2. The quantitative estimate of drug-likeness (QED) is 0.358. The zero-order chi connectivity index (χ0) is 12.0. The number of nitrogens with one attached hydrogen (secondary N) is 2. The molecular weight excluding hydrogens is 226 g/mol. The van der Waals surface area contributed by atoms with Gasteiger partial charge in [-0.3, -0.25) is 5.43 Å². The summed E-state index contributed by atoms with van der Waals surface area (Å²) >= 11 is 4.88. The Morgan fingerprint density at radius 3 is 2.88 bits per heavy atom. The van der Waals surface area contributed by atoms with E-state index in [0.29, 0.717) is 17.2 Å². The van der Waals surface area contributed by atoms with Crippen LogP contribution in [0.4, 0.5) is 0 Å². The van der Waals surface area contributed by atoms with Crippen molar-refractivity contribution < 1.29 is 10.2 Å². The van der Waals surface area contributed by atoms with Gasteiger partial charge in [-0.05, 0) is 31.3 Å². The van der Waals surface area contributed by atoms with E-state index in [0.717, 1.165) is 0 Å². The van der Waals surface area contributed by atoms with Gasteiger partial charge in [-0.15, -0.1) is 0 Å². The molecule has 0 heterocycles. The molecule has 0 atom stereocenters. The number of phenols is 2. The van der Waals surface area contributed by atoms with Gasteiger partial charge in [0.25, 0.3) is 0 Å². The Bertz CT molecular complexity index is 407. The highest BCUT2D eigenvalue weighted by atomic mass is 32.1. The van der Waals surface area contributed by atoms with E-state index in [4.69, 9.17) is 17.3 Å². The first-order chi connectivity index (χ1) is 7.63. The average molecular weight is 239 g/mol. The summed E-state index contributed by atoms with van der Waals surface area (Å²) in [5.41, 5.74) is 3.08. The third-order valence-corrected chi connectivity index (χ3v) is 1.96. The van der Waals surface area contributed by atoms with Gasteiger partial charge in [0, 0.05) is 18.2 Å². The number of benzene rings is 1. The molecule has 0 saturated carbocycles. The second-order valence-electron chi connectivity index (χ2n) is 2.97. The number of rotatable bonds is 3. The Morgan fingerprint density at radius 1 is 1.50 bits per heavy atom. The predicted molar refractivity (Wildman–Crippen MR) is 66.8 cm³/mol. The number of hydrogen-bond acceptors (Lipinski definition) is 4. The fraction of sp³-hybridized carbons (Fsp3) is 0.200. The molecule has 0 spiro atoms. The van der Waals surface area contributed by atoms with Crippen LogP contribution in [0.5, 0.6) is 11.5 Å². The molecule has 6 heteroatoms. The van der Waals surface area contributed by atoms with Gasteiger partial charge in [-0.1, -0.05) is 0 Å². The molecule has 0 aromatic heterocycles. The van der Waals surface area contributed by atoms with E-state index >= 15 is 0 Å². The lowest BCUT2D eigenvalue weighted by Gasteiger charge is -2.03. The Balaban J connectivity index is 2.59. The Morgan fingerprint density at radius 2 is 2.25 bits per heavy atom. The summed E-state index contributed by atoms with van der Waals surface area (Å²) in [6, 6.07) is 4.25. The maximum Gasteiger partial charge on any atom is 0.186 e. The molecule has 0 aliphatic rings. The van der Waals surface area contributed by atoms with Crippen molar-refractivity contribution in [2.24, 2.45) is 5.10 Å². The van der Waals surface area contributed by atoms with Gasteiger partial charge in [-0.2, -0.15) is 5.10 Å². The topological polar surface area (TPSA) is 76.9 Å². The zero-order valence-electron chi connectivity index (χ0n) is 8.77. The molecule has 1 aromatic rings. The minimum Gasteiger partial charge on any atom is -0.508 e. The van der Waals surface area contributed by atoms with Crippen molar-refractivity contribution in [1.82, 2.24) is 10.7 Å². The van der Waals surface area contributed by atoms with E-state index in [2.05, 4.69) is 15.8 Å². The third-order valence-electron chi connectivity index (χ3n) is 1.72. The smallest absolute Gasteiger partial charge is 0.186 e. The standard InChI is InChI=1S/C10H13N3O2S/c1-2-11-10(16)13-12-6-7-3-4-8(14)5-9(7)15/h3-6,14-15H,2H2,1H3,(H2,11,13,16). The van der Waals surface area contributed by atoms with E-state index in [1.54, 1.807) is 6.07 Å². The van der Waals surface area contributed by atoms with Crippen LogP contribution in [0.3, 0.4) is 0 Å². The van der Waals surface area contributed by atoms with Crippen LogP contribution in [0.25, 0.3) is 0 Å². The molecule has 0 aliphatic carbocycles. The molecule has 0 aliphatic heterocycles. The van der Waals surface area contributed by atoms with Crippen LogP contribution in [0.2, 0.25) is 0 Å². The highest BCUT2D eigenvalue weighted by molar-refractivity contribution is 7.80. The summed E-state index contributed by atoms with van der Waals surface area (Å²) in [4.78, 5) is 0. The van der Waals surface area contributed by atoms with Crippen LogP contribution in [0, 0.1) is 0 Å². The maximum absolute atomic E-state index is 9.43. The minimum atomic E-state index is -0.0417. The first-order valence-electron chi connectivity index (χ1n) is 4.72. The summed E-state index contributed by atoms with van der Waals surface area (Å²) in [7, 11) is 0. The van der Waals surface area contributed by atoms with Crippen molar-refractivity contribution in [3.63, 3.8) is 0 Å². The van der Waals surface area contributed by atoms with Crippen molar-refractivity contribution >= 4 is 23.5 Å². The number of thiocarbonyl (C=S) groups is 1. The molecule has 0 radical (unpaired) electrons. The Hall–Kier alpha value is -1.82. The first kappa shape index (κ1) is 12.3. The lowest BCUT2D eigenvalue weighted by Crippen LogP contribution is -2.31. The highest BCUT2D eigenvalue weighted by Gasteiger charge is 1.98. The van der Waals surface area contributed by atoms with Crippen molar-refractivity contribution in [3.8, 4) is 11.5 Å². The number of nitrogens with zero attached hydrogens (tertiary/aromatic N) is 1. The Kier molecular flexibility index (Phi) is 4.53. The molecule has 0 unspecified atom stereocenters. The summed E-state index contributed by atoms with van der Waals surface area (Å²) in [6.45, 7) is 2.63. The Labute approximate surface area is 98.8 Å². The highest BCUT2D eigenvalue weighted by Crippen LogP contribution is 2.20. The molecule has 1 aromatic carbocycles. The maximum atomic E-state index is 9.43. The van der Waals surface area contributed by atoms with Crippen LogP contribution in [-0.4, -0.2) is 28.1 Å². The van der Waals surface area contributed by atoms with Gasteiger partial charge in [0.15, 0.2) is 5.11 Å². The van der Waals surface area contributed by atoms with Gasteiger partial charge < -0.3 is 15.5 Å². The monoisotopic (exact) mass is 239 g/mol. The summed E-state index contributed by atoms with van der Waals surface area (Å²) in [6.07, 6.45) is 1.42. The van der Waals surface area contributed by atoms with Crippen molar-refractivity contribution in [3.05, 3.63) is 23.8 Å². The van der Waals surface area contributed by atoms with Gasteiger partial charge in [0.05, 0.1) is 6.21 Å². The van der Waals surface area contributed by atoms with Crippen molar-refractivity contribution in [1.29, 1.82) is 0 Å². The SMILES string of the molecule is CCNC(=S)NN=Cc1ccc(O)cc1O. The van der Waals surface area contributed by atoms with Gasteiger partial charge >= 0.3 is 0 Å². The largest absolute Gasteiger partial charge is 0.508 e. The summed E-state index contributed by atoms with van der Waals surface area (Å²) < 4.78 is 0. The average Bonchev–Trinajstić information content (AvgIpc) is 2.22. The number of hydrogen-bond donors (Lipinski definition) is 4. The minimum absolute atomic E-state index is 0.00535. The van der Waals surface area contributed by atoms with Crippen LogP contribution >= 0.6 is 12.2 Å². The molecule has 5 nitrogen and oxygen atoms in total. The van der Waals surface area contributed by atoms with Crippen LogP contribution in [0.15, 0.2) is 23.3 Å². The lowest BCUT2D eigenvalue weighted by molar-refractivity contribution is 0.450. The lowest BCUT2D eigenvalue weighted by atomic mass is 10.2. The molecule has 0 saturated heterocycles. The third kappa shape index (κ3) is 3.74. The number of phenolic OH excluding ortho intramolecular Hbond substituents is 2. The molecule has 0 bridgehead atoms. The number of hydrazone groups is 1. The van der Waals surface area contributed by atoms with Gasteiger partial charge in [0.1, 0.15) is 11.5 Å². The molecule has 0 fully saturated rings. The summed E-state index contributed by atoms with van der Waals surface area (Å²) in [5, 5.41) is 25.6. The van der Waals surface area contributed by atoms with E-state index in [1.165, 1.54) is 18.3 Å². The first-order valence-corrected chi connectivity index (χ1v) is 5.13. The summed E-state index contributed by atoms with van der Waals surface area (Å²) in [5.74, 6) is -0.0364. The van der Waals surface area contributed by atoms with Crippen LogP contribution in [-0.2, 0) is 0 Å². The molecule has 16 heavy (non-hydrogen) atoms. The van der Waals surface area contributed by atoms with Crippen LogP contribution < -0.4 is 10.7 Å². The normalized spacial score (nSPS) is 10.3. The van der Waals surface area contributed by atoms with Crippen LogP contribution in [0.1, 0.15) is 12.5 Å².